The summed E-state index contributed by atoms with van der Waals surface area (Å²) in [6.45, 7) is 0. The van der Waals surface area contributed by atoms with Crippen LogP contribution in [0.3, 0.4) is 0 Å². The Morgan fingerprint density at radius 1 is 1.36 bits per heavy atom. The van der Waals surface area contributed by atoms with Crippen molar-refractivity contribution in [3.8, 4) is 11.8 Å². The van der Waals surface area contributed by atoms with Crippen LogP contribution in [0.15, 0.2) is 6.07 Å². The van der Waals surface area contributed by atoms with Gasteiger partial charge in [-0.2, -0.15) is 9.97 Å². The second-order valence-electron chi connectivity index (χ2n) is 2.23. The number of nitrogens with one attached hydrogen (secondary N) is 2. The van der Waals surface area contributed by atoms with E-state index in [-0.39, 0.29) is 17.7 Å². The van der Waals surface area contributed by atoms with E-state index in [1.54, 1.807) is 0 Å². The van der Waals surface area contributed by atoms with Crippen molar-refractivity contribution < 1.29 is 14.3 Å². The van der Waals surface area contributed by atoms with Crippen LogP contribution in [0, 0.1) is 0 Å². The van der Waals surface area contributed by atoms with Crippen LogP contribution in [-0.4, -0.2) is 30.2 Å². The lowest BCUT2D eigenvalue weighted by Crippen LogP contribution is -2.12. The van der Waals surface area contributed by atoms with Gasteiger partial charge in [0.1, 0.15) is 0 Å². The minimum atomic E-state index is -1.000. The molecule has 0 saturated heterocycles. The van der Waals surface area contributed by atoms with E-state index in [0.29, 0.717) is 0 Å². The average molecular weight is 197 g/mol. The number of urea groups is 1. The highest BCUT2D eigenvalue weighted by Crippen LogP contribution is 2.16. The number of amides is 2. The molecule has 0 spiro atoms. The molecule has 7 nitrogen and oxygen atoms in total. The highest BCUT2D eigenvalue weighted by atomic mass is 16.5. The van der Waals surface area contributed by atoms with E-state index in [2.05, 4.69) is 15.3 Å². The lowest BCUT2D eigenvalue weighted by molar-refractivity contribution is 0.258. The third-order valence-electron chi connectivity index (χ3n) is 1.32. The lowest BCUT2D eigenvalue weighted by Gasteiger charge is -2.05. The highest BCUT2D eigenvalue weighted by molar-refractivity contribution is 5.85. The summed E-state index contributed by atoms with van der Waals surface area (Å²) in [5.74, 6) is 0.474. The molecular weight excluding hydrogens is 188 g/mol. The summed E-state index contributed by atoms with van der Waals surface area (Å²) in [6.07, 6.45) is 0. The first-order chi connectivity index (χ1) is 6.65. The second-order valence-corrected chi connectivity index (χ2v) is 2.23. The molecule has 0 aliphatic rings. The number of aromatic nitrogens is 2. The number of carbonyl (C=O) groups is 1. The third kappa shape index (κ3) is 2.47. The molecule has 0 bridgehead atoms. The van der Waals surface area contributed by atoms with E-state index in [0.717, 1.165) is 0 Å². The second kappa shape index (κ2) is 4.26. The maximum atomic E-state index is 10.4. The van der Waals surface area contributed by atoms with E-state index in [1.807, 2.05) is 0 Å². The maximum absolute atomic E-state index is 10.4. The van der Waals surface area contributed by atoms with Crippen molar-refractivity contribution in [3.05, 3.63) is 6.07 Å². The van der Waals surface area contributed by atoms with Gasteiger partial charge in [0, 0.05) is 0 Å². The van der Waals surface area contributed by atoms with E-state index in [9.17, 15) is 4.79 Å². The molecule has 0 aromatic carbocycles. The first kappa shape index (κ1) is 10.0. The summed E-state index contributed by atoms with van der Waals surface area (Å²) in [6, 6.07) is 0.458. The Morgan fingerprint density at radius 3 is 2.21 bits per heavy atom. The van der Waals surface area contributed by atoms with Crippen molar-refractivity contribution >= 4 is 12.0 Å². The minimum Gasteiger partial charge on any atom is -0.481 e. The van der Waals surface area contributed by atoms with Gasteiger partial charge in [-0.1, -0.05) is 0 Å². The fourth-order valence-electron chi connectivity index (χ4n) is 0.771. The van der Waals surface area contributed by atoms with Gasteiger partial charge in [-0.15, -0.1) is 0 Å². The summed E-state index contributed by atoms with van der Waals surface area (Å²) in [5.41, 5.74) is 6.66. The zero-order chi connectivity index (χ0) is 10.6. The number of methoxy groups -OCH3 is 2. The molecule has 1 radical (unpaired) electrons. The molecule has 2 N–H and O–H groups in total. The van der Waals surface area contributed by atoms with Gasteiger partial charge < -0.3 is 9.47 Å². The van der Waals surface area contributed by atoms with Crippen LogP contribution in [-0.2, 0) is 0 Å². The summed E-state index contributed by atoms with van der Waals surface area (Å²) >= 11 is 0. The largest absolute Gasteiger partial charge is 0.481 e. The fraction of sp³-hybridized carbons (Fsp3) is 0.286. The Morgan fingerprint density at radius 2 is 1.86 bits per heavy atom. The van der Waals surface area contributed by atoms with Crippen LogP contribution in [0.4, 0.5) is 10.7 Å². The van der Waals surface area contributed by atoms with Gasteiger partial charge in [-0.25, -0.2) is 10.5 Å². The van der Waals surface area contributed by atoms with Crippen molar-refractivity contribution in [1.29, 1.82) is 0 Å². The van der Waals surface area contributed by atoms with Gasteiger partial charge in [0.05, 0.1) is 20.3 Å². The minimum absolute atomic E-state index is 0.0267. The molecule has 1 heterocycles. The Labute approximate surface area is 80.2 Å². The summed E-state index contributed by atoms with van der Waals surface area (Å²) in [5, 5.41) is 2.10. The maximum Gasteiger partial charge on any atom is 0.340 e. The normalized spacial score (nSPS) is 9.29. The quantitative estimate of drug-likeness (QED) is 0.751. The number of nitrogens with zero attached hydrogens (tertiary/aromatic N) is 2. The Bertz CT molecular complexity index is 319. The Balaban J connectivity index is 2.98. The van der Waals surface area contributed by atoms with Gasteiger partial charge >= 0.3 is 6.03 Å². The number of anilines is 1. The number of hydrogen-bond acceptors (Lipinski definition) is 5. The molecule has 0 unspecified atom stereocenters. The molecule has 0 fully saturated rings. The number of carbonyl (C=O) groups excluding carboxylic acids is 1. The Kier molecular flexibility index (Phi) is 3.05. The lowest BCUT2D eigenvalue weighted by atomic mass is 10.6. The average Bonchev–Trinajstić information content (AvgIpc) is 2.16. The zero-order valence-corrected chi connectivity index (χ0v) is 7.70. The van der Waals surface area contributed by atoms with Crippen LogP contribution in [0.2, 0.25) is 0 Å². The van der Waals surface area contributed by atoms with E-state index in [4.69, 9.17) is 15.2 Å². The van der Waals surface area contributed by atoms with Crippen molar-refractivity contribution in [2.24, 2.45) is 0 Å². The molecule has 7 heteroatoms. The zero-order valence-electron chi connectivity index (χ0n) is 7.70. The molecule has 0 aliphatic carbocycles. The molecule has 2 amide bonds. The molecular formula is C7H9N4O3. The standard InChI is InChI=1S/C7H9N4O3/c1-13-4-3-5(14-2)10-7(9-4)11-6(8)12/h3,8H,1-2H3,(H,9,10,11,12). The predicted octanol–water partition coefficient (Wildman–Crippen LogP) is 0.309. The highest BCUT2D eigenvalue weighted by Gasteiger charge is 2.06. The smallest absolute Gasteiger partial charge is 0.340 e. The van der Waals surface area contributed by atoms with Crippen LogP contribution < -0.4 is 20.5 Å². The molecule has 1 aromatic rings. The van der Waals surface area contributed by atoms with Crippen LogP contribution in [0.25, 0.3) is 0 Å². The summed E-state index contributed by atoms with van der Waals surface area (Å²) < 4.78 is 9.67. The third-order valence-corrected chi connectivity index (χ3v) is 1.32. The van der Waals surface area contributed by atoms with E-state index >= 15 is 0 Å². The van der Waals surface area contributed by atoms with Crippen molar-refractivity contribution in [1.82, 2.24) is 15.7 Å². The van der Waals surface area contributed by atoms with Gasteiger partial charge in [0.15, 0.2) is 0 Å². The van der Waals surface area contributed by atoms with Crippen LogP contribution in [0.1, 0.15) is 0 Å². The first-order valence-corrected chi connectivity index (χ1v) is 3.65. The summed E-state index contributed by atoms with van der Waals surface area (Å²) in [7, 11) is 2.85. The van der Waals surface area contributed by atoms with Crippen molar-refractivity contribution in [2.45, 2.75) is 0 Å². The number of rotatable bonds is 3. The van der Waals surface area contributed by atoms with Crippen molar-refractivity contribution in [3.63, 3.8) is 0 Å². The first-order valence-electron chi connectivity index (χ1n) is 3.65. The topological polar surface area (TPSA) is 97.1 Å². The van der Waals surface area contributed by atoms with E-state index < -0.39 is 6.03 Å². The van der Waals surface area contributed by atoms with Gasteiger partial charge in [0.25, 0.3) is 0 Å². The number of hydrogen-bond donors (Lipinski definition) is 1. The molecule has 1 aromatic heterocycles. The van der Waals surface area contributed by atoms with Crippen LogP contribution in [0.5, 0.6) is 11.8 Å². The SMILES string of the molecule is COc1cc(OC)nc(NC([NH])=O)n1. The molecule has 0 atom stereocenters. The monoisotopic (exact) mass is 197 g/mol. The molecule has 14 heavy (non-hydrogen) atoms. The Hall–Kier alpha value is -2.05. The molecule has 0 aliphatic heterocycles. The molecule has 75 valence electrons. The molecule has 0 saturated carbocycles. The van der Waals surface area contributed by atoms with Gasteiger partial charge in [0.2, 0.25) is 17.7 Å². The van der Waals surface area contributed by atoms with Crippen molar-refractivity contribution in [2.75, 3.05) is 19.5 Å². The molecule has 1 rings (SSSR count). The van der Waals surface area contributed by atoms with Gasteiger partial charge in [-0.05, 0) is 0 Å². The van der Waals surface area contributed by atoms with E-state index in [1.165, 1.54) is 20.3 Å². The fourth-order valence-corrected chi connectivity index (χ4v) is 0.771. The predicted molar refractivity (Wildman–Crippen MR) is 47.3 cm³/mol. The van der Waals surface area contributed by atoms with Crippen LogP contribution >= 0.6 is 0 Å². The number of ether oxygens (including phenoxy) is 2. The summed E-state index contributed by atoms with van der Waals surface area (Å²) in [4.78, 5) is 18.0. The van der Waals surface area contributed by atoms with Gasteiger partial charge in [-0.3, -0.25) is 5.32 Å².